The average Bonchev–Trinajstić information content (AvgIpc) is 2.53. The number of nitrogens with zero attached hydrogens (tertiary/aromatic N) is 1. The van der Waals surface area contributed by atoms with E-state index in [1.807, 2.05) is 6.92 Å². The first-order valence-electron chi connectivity index (χ1n) is 7.00. The lowest BCUT2D eigenvalue weighted by Crippen LogP contribution is -2.33. The van der Waals surface area contributed by atoms with Crippen molar-refractivity contribution in [2.75, 3.05) is 25.4 Å². The molecule has 0 unspecified atom stereocenters. The highest BCUT2D eigenvalue weighted by molar-refractivity contribution is 9.10. The van der Waals surface area contributed by atoms with Crippen molar-refractivity contribution in [3.8, 4) is 11.1 Å². The first-order chi connectivity index (χ1) is 10.2. The van der Waals surface area contributed by atoms with Gasteiger partial charge in [0.25, 0.3) is 0 Å². The Morgan fingerprint density at radius 1 is 1.33 bits per heavy atom. The van der Waals surface area contributed by atoms with Crippen molar-refractivity contribution >= 4 is 21.7 Å². The molecule has 2 aromatic rings. The Balaban J connectivity index is 1.92. The summed E-state index contributed by atoms with van der Waals surface area (Å²) in [5, 5.41) is 3.34. The number of benzene rings is 1. The fourth-order valence-electron chi connectivity index (χ4n) is 2.52. The summed E-state index contributed by atoms with van der Waals surface area (Å²) in [6.07, 6.45) is 1.91. The number of pyridine rings is 1. The molecule has 0 bridgehead atoms. The van der Waals surface area contributed by atoms with Crippen LogP contribution >= 0.6 is 15.9 Å². The normalized spacial score (nSPS) is 18.7. The molecular formula is C16H18BrN3O. The maximum absolute atomic E-state index is 6.03. The maximum atomic E-state index is 6.03. The summed E-state index contributed by atoms with van der Waals surface area (Å²) in [5.41, 5.74) is 10.3. The molecule has 5 heteroatoms. The molecule has 3 rings (SSSR count). The molecule has 1 aromatic heterocycles. The third kappa shape index (κ3) is 2.95. The van der Waals surface area contributed by atoms with Crippen molar-refractivity contribution in [3.63, 3.8) is 0 Å². The molecule has 0 aliphatic carbocycles. The fourth-order valence-corrected chi connectivity index (χ4v) is 3.05. The largest absolute Gasteiger partial charge is 0.383 e. The molecule has 2 heterocycles. The van der Waals surface area contributed by atoms with Gasteiger partial charge in [-0.25, -0.2) is 4.98 Å². The summed E-state index contributed by atoms with van der Waals surface area (Å²) < 4.78 is 6.77. The summed E-state index contributed by atoms with van der Waals surface area (Å²) in [4.78, 5) is 4.24. The van der Waals surface area contributed by atoms with E-state index in [1.165, 1.54) is 5.56 Å². The molecule has 110 valence electrons. The summed E-state index contributed by atoms with van der Waals surface area (Å²) in [6, 6.07) is 8.35. The molecule has 0 radical (unpaired) electrons. The summed E-state index contributed by atoms with van der Waals surface area (Å²) in [5.74, 6) is 0.538. The average molecular weight is 348 g/mol. The second-order valence-corrected chi connectivity index (χ2v) is 5.99. The SMILES string of the molecule is Cc1cnc(N)c(-c2ccc([C@H]3CNCCO3)cc2)c1Br. The van der Waals surface area contributed by atoms with Crippen LogP contribution < -0.4 is 11.1 Å². The number of nitrogen functional groups attached to an aromatic ring is 1. The zero-order valence-electron chi connectivity index (χ0n) is 11.9. The number of morpholine rings is 1. The number of anilines is 1. The van der Waals surface area contributed by atoms with E-state index < -0.39 is 0 Å². The number of hydrogen-bond donors (Lipinski definition) is 2. The van der Waals surface area contributed by atoms with Crippen LogP contribution in [0.1, 0.15) is 17.2 Å². The lowest BCUT2D eigenvalue weighted by molar-refractivity contribution is 0.0277. The zero-order valence-corrected chi connectivity index (χ0v) is 13.5. The van der Waals surface area contributed by atoms with E-state index in [9.17, 15) is 0 Å². The van der Waals surface area contributed by atoms with Gasteiger partial charge in [-0.05, 0) is 39.5 Å². The number of aromatic nitrogens is 1. The Kier molecular flexibility index (Phi) is 4.24. The van der Waals surface area contributed by atoms with Gasteiger partial charge in [0.15, 0.2) is 0 Å². The topological polar surface area (TPSA) is 60.2 Å². The van der Waals surface area contributed by atoms with E-state index >= 15 is 0 Å². The Labute approximate surface area is 132 Å². The predicted molar refractivity (Wildman–Crippen MR) is 88.1 cm³/mol. The first-order valence-corrected chi connectivity index (χ1v) is 7.79. The van der Waals surface area contributed by atoms with E-state index in [2.05, 4.69) is 50.5 Å². The molecular weight excluding hydrogens is 330 g/mol. The van der Waals surface area contributed by atoms with Crippen molar-refractivity contribution in [3.05, 3.63) is 46.1 Å². The minimum Gasteiger partial charge on any atom is -0.383 e. The Morgan fingerprint density at radius 3 is 2.76 bits per heavy atom. The molecule has 3 N–H and O–H groups in total. The van der Waals surface area contributed by atoms with Crippen molar-refractivity contribution < 1.29 is 4.74 Å². The van der Waals surface area contributed by atoms with Gasteiger partial charge >= 0.3 is 0 Å². The second-order valence-electron chi connectivity index (χ2n) is 5.20. The number of ether oxygens (including phenoxy) is 1. The highest BCUT2D eigenvalue weighted by Gasteiger charge is 2.16. The van der Waals surface area contributed by atoms with E-state index in [0.29, 0.717) is 5.82 Å². The van der Waals surface area contributed by atoms with E-state index in [4.69, 9.17) is 10.5 Å². The van der Waals surface area contributed by atoms with Crippen molar-refractivity contribution in [2.24, 2.45) is 0 Å². The van der Waals surface area contributed by atoms with Gasteiger partial charge in [0.05, 0.1) is 12.7 Å². The number of nitrogens with one attached hydrogen (secondary N) is 1. The monoisotopic (exact) mass is 347 g/mol. The summed E-state index contributed by atoms with van der Waals surface area (Å²) in [7, 11) is 0. The van der Waals surface area contributed by atoms with Crippen LogP contribution in [-0.4, -0.2) is 24.7 Å². The number of halogens is 1. The number of rotatable bonds is 2. The van der Waals surface area contributed by atoms with Gasteiger partial charge in [-0.3, -0.25) is 0 Å². The van der Waals surface area contributed by atoms with Crippen LogP contribution in [0.4, 0.5) is 5.82 Å². The molecule has 4 nitrogen and oxygen atoms in total. The molecule has 1 atom stereocenters. The molecule has 1 aliphatic heterocycles. The molecule has 1 aromatic carbocycles. The van der Waals surface area contributed by atoms with Gasteiger partial charge < -0.3 is 15.8 Å². The van der Waals surface area contributed by atoms with Gasteiger partial charge in [-0.1, -0.05) is 24.3 Å². The van der Waals surface area contributed by atoms with E-state index in [0.717, 1.165) is 40.9 Å². The standard InChI is InChI=1S/C16H18BrN3O/c1-10-8-20-16(18)14(15(10)17)12-4-2-11(3-5-12)13-9-19-6-7-21-13/h2-5,8,13,19H,6-7,9H2,1H3,(H2,18,20)/t13-/m1/s1. The van der Waals surface area contributed by atoms with Crippen LogP contribution in [-0.2, 0) is 4.74 Å². The minimum absolute atomic E-state index is 0.129. The molecule has 1 aliphatic rings. The maximum Gasteiger partial charge on any atom is 0.132 e. The van der Waals surface area contributed by atoms with Gasteiger partial charge in [0, 0.05) is 29.3 Å². The third-order valence-electron chi connectivity index (χ3n) is 3.72. The lowest BCUT2D eigenvalue weighted by atomic mass is 10.0. The second kappa shape index (κ2) is 6.13. The molecule has 1 fully saturated rings. The van der Waals surface area contributed by atoms with Crippen LogP contribution in [0.2, 0.25) is 0 Å². The molecule has 0 spiro atoms. The Bertz CT molecular complexity index is 637. The number of aryl methyl sites for hydroxylation is 1. The van der Waals surface area contributed by atoms with Gasteiger partial charge in [0.1, 0.15) is 5.82 Å². The van der Waals surface area contributed by atoms with Crippen molar-refractivity contribution in [2.45, 2.75) is 13.0 Å². The predicted octanol–water partition coefficient (Wildman–Crippen LogP) is 3.06. The minimum atomic E-state index is 0.129. The quantitative estimate of drug-likeness (QED) is 0.876. The van der Waals surface area contributed by atoms with Crippen LogP contribution in [0.25, 0.3) is 11.1 Å². The van der Waals surface area contributed by atoms with Crippen LogP contribution in [0.5, 0.6) is 0 Å². The zero-order chi connectivity index (χ0) is 14.8. The Hall–Kier alpha value is -1.43. The van der Waals surface area contributed by atoms with E-state index in [-0.39, 0.29) is 6.10 Å². The molecule has 21 heavy (non-hydrogen) atoms. The highest BCUT2D eigenvalue weighted by atomic mass is 79.9. The molecule has 0 amide bonds. The Morgan fingerprint density at radius 2 is 2.10 bits per heavy atom. The van der Waals surface area contributed by atoms with Crippen LogP contribution in [0, 0.1) is 6.92 Å². The molecule has 1 saturated heterocycles. The van der Waals surface area contributed by atoms with Gasteiger partial charge in [-0.15, -0.1) is 0 Å². The number of nitrogens with two attached hydrogens (primary N) is 1. The first kappa shape index (κ1) is 14.5. The summed E-state index contributed by atoms with van der Waals surface area (Å²) in [6.45, 7) is 4.55. The molecule has 0 saturated carbocycles. The summed E-state index contributed by atoms with van der Waals surface area (Å²) >= 11 is 3.61. The van der Waals surface area contributed by atoms with Crippen molar-refractivity contribution in [1.82, 2.24) is 10.3 Å². The smallest absolute Gasteiger partial charge is 0.132 e. The fraction of sp³-hybridized carbons (Fsp3) is 0.312. The van der Waals surface area contributed by atoms with Crippen molar-refractivity contribution in [1.29, 1.82) is 0 Å². The van der Waals surface area contributed by atoms with E-state index in [1.54, 1.807) is 6.20 Å². The lowest BCUT2D eigenvalue weighted by Gasteiger charge is -2.24. The van der Waals surface area contributed by atoms with Crippen LogP contribution in [0.3, 0.4) is 0 Å². The number of hydrogen-bond acceptors (Lipinski definition) is 4. The van der Waals surface area contributed by atoms with Gasteiger partial charge in [0.2, 0.25) is 0 Å². The van der Waals surface area contributed by atoms with Crippen LogP contribution in [0.15, 0.2) is 34.9 Å². The van der Waals surface area contributed by atoms with Gasteiger partial charge in [-0.2, -0.15) is 0 Å². The third-order valence-corrected chi connectivity index (χ3v) is 4.74. The highest BCUT2D eigenvalue weighted by Crippen LogP contribution is 2.35.